The molecule has 3 aliphatic rings. The van der Waals surface area contributed by atoms with E-state index in [-0.39, 0.29) is 24.2 Å². The minimum Gasteiger partial charge on any atom is -0.388 e. The third-order valence-electron chi connectivity index (χ3n) is 4.11. The maximum absolute atomic E-state index is 11.9. The number of likely N-dealkylation sites (tertiary alicyclic amines) is 1. The number of β-amino-alcohol motifs (C(OH)–C–C–N with tert-alkyl or cyclic N) is 1. The molecule has 0 atom stereocenters. The van der Waals surface area contributed by atoms with E-state index in [0.29, 0.717) is 32.5 Å². The van der Waals surface area contributed by atoms with Gasteiger partial charge in [0.15, 0.2) is 5.78 Å². The molecular weight excluding hydrogens is 246 g/mol. The van der Waals surface area contributed by atoms with Gasteiger partial charge >= 0.3 is 0 Å². The molecule has 0 aromatic rings. The van der Waals surface area contributed by atoms with Crippen LogP contribution < -0.4 is 0 Å². The Bertz CT molecular complexity index is 423. The van der Waals surface area contributed by atoms with Gasteiger partial charge in [-0.15, -0.1) is 0 Å². The van der Waals surface area contributed by atoms with Gasteiger partial charge in [0.25, 0.3) is 0 Å². The summed E-state index contributed by atoms with van der Waals surface area (Å²) >= 11 is 0. The molecule has 0 radical (unpaired) electrons. The smallest absolute Gasteiger partial charge is 0.225 e. The van der Waals surface area contributed by atoms with Crippen LogP contribution in [0, 0.1) is 5.92 Å². The van der Waals surface area contributed by atoms with E-state index in [9.17, 15) is 14.7 Å². The van der Waals surface area contributed by atoms with Crippen LogP contribution in [-0.4, -0.2) is 64.7 Å². The second-order valence-corrected chi connectivity index (χ2v) is 5.86. The molecule has 2 heterocycles. The molecule has 0 aromatic carbocycles. The molecule has 19 heavy (non-hydrogen) atoms. The van der Waals surface area contributed by atoms with Crippen molar-refractivity contribution in [1.82, 2.24) is 9.91 Å². The van der Waals surface area contributed by atoms with E-state index in [1.807, 2.05) is 4.90 Å². The first-order valence-corrected chi connectivity index (χ1v) is 6.89. The number of aliphatic hydroxyl groups is 1. The number of hydrazone groups is 1. The molecule has 6 heteroatoms. The number of Topliss-reactive ketones (excluding diaryl/α,β-unsaturated/α-hetero) is 1. The van der Waals surface area contributed by atoms with Crippen LogP contribution in [0.25, 0.3) is 0 Å². The Morgan fingerprint density at radius 2 is 2.11 bits per heavy atom. The fourth-order valence-electron chi connectivity index (χ4n) is 2.73. The first-order chi connectivity index (χ1) is 9.06. The van der Waals surface area contributed by atoms with E-state index in [0.717, 1.165) is 12.8 Å². The third-order valence-corrected chi connectivity index (χ3v) is 4.11. The highest BCUT2D eigenvalue weighted by Crippen LogP contribution is 2.33. The standard InChI is InChI=1S/C13H19N3O3/c17-11-7-14-16(8-11)9-13(19)3-5-15(6-4-13)12(18)10-1-2-10/h7,10,19H,1-6,8-9H2. The van der Waals surface area contributed by atoms with Crippen LogP contribution in [0.2, 0.25) is 0 Å². The summed E-state index contributed by atoms with van der Waals surface area (Å²) < 4.78 is 0. The fraction of sp³-hybridized carbons (Fsp3) is 0.769. The van der Waals surface area contributed by atoms with Crippen LogP contribution in [0.3, 0.4) is 0 Å². The molecule has 0 unspecified atom stereocenters. The van der Waals surface area contributed by atoms with E-state index in [1.165, 1.54) is 6.21 Å². The minimum absolute atomic E-state index is 0.0232. The zero-order chi connectivity index (χ0) is 13.5. The van der Waals surface area contributed by atoms with Crippen molar-refractivity contribution in [3.63, 3.8) is 0 Å². The molecule has 2 fully saturated rings. The normalized spacial score (nSPS) is 26.1. The molecule has 104 valence electrons. The van der Waals surface area contributed by atoms with Crippen molar-refractivity contribution in [1.29, 1.82) is 0 Å². The van der Waals surface area contributed by atoms with Gasteiger partial charge in [0.2, 0.25) is 5.91 Å². The Morgan fingerprint density at radius 1 is 1.42 bits per heavy atom. The lowest BCUT2D eigenvalue weighted by molar-refractivity contribution is -0.137. The van der Waals surface area contributed by atoms with Crippen LogP contribution in [0.15, 0.2) is 5.10 Å². The van der Waals surface area contributed by atoms with Crippen molar-refractivity contribution in [2.45, 2.75) is 31.3 Å². The lowest BCUT2D eigenvalue weighted by Crippen LogP contribution is -2.51. The van der Waals surface area contributed by atoms with Crippen LogP contribution >= 0.6 is 0 Å². The molecule has 1 aliphatic carbocycles. The maximum atomic E-state index is 11.9. The van der Waals surface area contributed by atoms with Crippen LogP contribution in [0.1, 0.15) is 25.7 Å². The van der Waals surface area contributed by atoms with E-state index in [1.54, 1.807) is 5.01 Å². The van der Waals surface area contributed by atoms with Crippen LogP contribution in [0.4, 0.5) is 0 Å². The molecule has 1 amide bonds. The number of hydrogen-bond donors (Lipinski definition) is 1. The van der Waals surface area contributed by atoms with Gasteiger partial charge in [0.05, 0.1) is 18.4 Å². The van der Waals surface area contributed by atoms with E-state index in [4.69, 9.17) is 0 Å². The van der Waals surface area contributed by atoms with Gasteiger partial charge in [0.1, 0.15) is 6.54 Å². The summed E-state index contributed by atoms with van der Waals surface area (Å²) in [6.45, 7) is 1.85. The number of ketones is 1. The molecular formula is C13H19N3O3. The largest absolute Gasteiger partial charge is 0.388 e. The molecule has 1 N–H and O–H groups in total. The molecule has 0 bridgehead atoms. The summed E-state index contributed by atoms with van der Waals surface area (Å²) in [5.41, 5.74) is -0.831. The van der Waals surface area contributed by atoms with Gasteiger partial charge in [-0.2, -0.15) is 5.10 Å². The predicted octanol–water partition coefficient (Wildman–Crippen LogP) is -0.380. The number of amides is 1. The number of piperidine rings is 1. The summed E-state index contributed by atoms with van der Waals surface area (Å²) in [7, 11) is 0. The Balaban J connectivity index is 1.51. The van der Waals surface area contributed by atoms with Gasteiger partial charge in [-0.05, 0) is 25.7 Å². The van der Waals surface area contributed by atoms with E-state index in [2.05, 4.69) is 5.10 Å². The summed E-state index contributed by atoms with van der Waals surface area (Å²) in [6, 6.07) is 0. The highest BCUT2D eigenvalue weighted by atomic mass is 16.3. The second kappa shape index (κ2) is 4.59. The molecule has 1 saturated heterocycles. The van der Waals surface area contributed by atoms with Gasteiger partial charge in [0, 0.05) is 19.0 Å². The predicted molar refractivity (Wildman–Crippen MR) is 68.6 cm³/mol. The third kappa shape index (κ3) is 2.78. The van der Waals surface area contributed by atoms with Crippen molar-refractivity contribution in [3.8, 4) is 0 Å². The number of carbonyl (C=O) groups is 2. The monoisotopic (exact) mass is 265 g/mol. The van der Waals surface area contributed by atoms with Gasteiger partial charge in [-0.1, -0.05) is 0 Å². The highest BCUT2D eigenvalue weighted by Gasteiger charge is 2.40. The Morgan fingerprint density at radius 3 is 2.63 bits per heavy atom. The summed E-state index contributed by atoms with van der Waals surface area (Å²) in [4.78, 5) is 24.9. The van der Waals surface area contributed by atoms with Gasteiger partial charge < -0.3 is 10.0 Å². The first-order valence-electron chi connectivity index (χ1n) is 6.89. The molecule has 0 aromatic heterocycles. The van der Waals surface area contributed by atoms with Crippen LogP contribution in [0.5, 0.6) is 0 Å². The van der Waals surface area contributed by atoms with Gasteiger partial charge in [-0.25, -0.2) is 0 Å². The zero-order valence-electron chi connectivity index (χ0n) is 10.9. The number of hydrogen-bond acceptors (Lipinski definition) is 5. The molecule has 3 rings (SSSR count). The number of rotatable bonds is 3. The van der Waals surface area contributed by atoms with Crippen molar-refractivity contribution in [2.24, 2.45) is 11.0 Å². The first kappa shape index (κ1) is 12.6. The lowest BCUT2D eigenvalue weighted by atomic mass is 9.91. The zero-order valence-corrected chi connectivity index (χ0v) is 10.9. The lowest BCUT2D eigenvalue weighted by Gasteiger charge is -2.39. The average Bonchev–Trinajstić information content (AvgIpc) is 3.14. The van der Waals surface area contributed by atoms with E-state index < -0.39 is 5.60 Å². The molecule has 2 aliphatic heterocycles. The summed E-state index contributed by atoms with van der Waals surface area (Å²) in [5, 5.41) is 16.1. The number of carbonyl (C=O) groups excluding carboxylic acids is 2. The molecule has 6 nitrogen and oxygen atoms in total. The summed E-state index contributed by atoms with van der Waals surface area (Å²) in [5.74, 6) is 0.466. The quantitative estimate of drug-likeness (QED) is 0.755. The minimum atomic E-state index is -0.831. The van der Waals surface area contributed by atoms with Crippen LogP contribution in [-0.2, 0) is 9.59 Å². The number of nitrogens with zero attached hydrogens (tertiary/aromatic N) is 3. The van der Waals surface area contributed by atoms with Crippen molar-refractivity contribution >= 4 is 17.9 Å². The Hall–Kier alpha value is -1.43. The topological polar surface area (TPSA) is 73.2 Å². The molecule has 0 spiro atoms. The van der Waals surface area contributed by atoms with Crippen molar-refractivity contribution in [2.75, 3.05) is 26.2 Å². The van der Waals surface area contributed by atoms with Crippen molar-refractivity contribution < 1.29 is 14.7 Å². The second-order valence-electron chi connectivity index (χ2n) is 5.86. The Labute approximate surface area is 112 Å². The fourth-order valence-corrected chi connectivity index (χ4v) is 2.73. The van der Waals surface area contributed by atoms with E-state index >= 15 is 0 Å². The average molecular weight is 265 g/mol. The Kier molecular flexibility index (Phi) is 3.05. The van der Waals surface area contributed by atoms with Gasteiger partial charge in [-0.3, -0.25) is 14.6 Å². The highest BCUT2D eigenvalue weighted by molar-refractivity contribution is 6.29. The molecule has 1 saturated carbocycles. The summed E-state index contributed by atoms with van der Waals surface area (Å²) in [6.07, 6.45) is 4.46. The van der Waals surface area contributed by atoms with Crippen molar-refractivity contribution in [3.05, 3.63) is 0 Å². The maximum Gasteiger partial charge on any atom is 0.225 e. The SMILES string of the molecule is O=C1C=NN(CC2(O)CCN(C(=O)C3CC3)CC2)C1.